The molecule has 2 rings (SSSR count). The number of nitrogens with one attached hydrogen (secondary N) is 1. The molecule has 4 nitrogen and oxygen atoms in total. The van der Waals surface area contributed by atoms with Crippen LogP contribution in [-0.4, -0.2) is 19.0 Å². The Morgan fingerprint density at radius 1 is 1.14 bits per heavy atom. The number of carbonyl (C=O) groups excluding carboxylic acids is 2. The molecule has 0 atom stereocenters. The van der Waals surface area contributed by atoms with E-state index in [0.717, 1.165) is 11.1 Å². The summed E-state index contributed by atoms with van der Waals surface area (Å²) in [5.41, 5.74) is 2.73. The molecule has 0 saturated heterocycles. The molecule has 22 heavy (non-hydrogen) atoms. The molecular weight excluding hydrogens is 302 g/mol. The summed E-state index contributed by atoms with van der Waals surface area (Å²) < 4.78 is 4.68. The second-order valence-electron chi connectivity index (χ2n) is 4.87. The number of hydrogen-bond acceptors (Lipinski definition) is 3. The highest BCUT2D eigenvalue weighted by Crippen LogP contribution is 2.18. The molecule has 0 aliphatic carbocycles. The van der Waals surface area contributed by atoms with Gasteiger partial charge in [-0.3, -0.25) is 4.79 Å². The third-order valence-corrected chi connectivity index (χ3v) is 3.46. The molecule has 0 radical (unpaired) electrons. The van der Waals surface area contributed by atoms with E-state index in [1.807, 2.05) is 6.92 Å². The van der Waals surface area contributed by atoms with Crippen LogP contribution in [0.3, 0.4) is 0 Å². The van der Waals surface area contributed by atoms with Gasteiger partial charge in [0.25, 0.3) is 0 Å². The summed E-state index contributed by atoms with van der Waals surface area (Å²) in [4.78, 5) is 23.6. The number of aryl methyl sites for hydroxylation is 1. The zero-order valence-electron chi connectivity index (χ0n) is 12.4. The summed E-state index contributed by atoms with van der Waals surface area (Å²) in [5, 5.41) is 3.44. The number of hydrogen-bond donors (Lipinski definition) is 1. The fourth-order valence-electron chi connectivity index (χ4n) is 1.98. The van der Waals surface area contributed by atoms with Gasteiger partial charge in [0.05, 0.1) is 19.1 Å². The Labute approximate surface area is 134 Å². The average molecular weight is 318 g/mol. The van der Waals surface area contributed by atoms with Crippen molar-refractivity contribution < 1.29 is 14.3 Å². The highest BCUT2D eigenvalue weighted by atomic mass is 35.5. The molecule has 2 aromatic rings. The Morgan fingerprint density at radius 2 is 1.82 bits per heavy atom. The van der Waals surface area contributed by atoms with Crippen LogP contribution in [0.15, 0.2) is 42.5 Å². The van der Waals surface area contributed by atoms with E-state index < -0.39 is 5.97 Å². The summed E-state index contributed by atoms with van der Waals surface area (Å²) >= 11 is 5.82. The SMILES string of the molecule is COC(=O)c1ccc(C)c(NC(=O)Cc2ccc(Cl)cc2)c1. The highest BCUT2D eigenvalue weighted by molar-refractivity contribution is 6.30. The van der Waals surface area contributed by atoms with Crippen LogP contribution in [0.1, 0.15) is 21.5 Å². The first-order valence-corrected chi connectivity index (χ1v) is 7.10. The smallest absolute Gasteiger partial charge is 0.337 e. The number of carbonyl (C=O) groups is 2. The predicted octanol–water partition coefficient (Wildman–Crippen LogP) is 3.62. The van der Waals surface area contributed by atoms with Crippen molar-refractivity contribution in [3.63, 3.8) is 0 Å². The fraction of sp³-hybridized carbons (Fsp3) is 0.176. The van der Waals surface area contributed by atoms with Crippen LogP contribution in [0.2, 0.25) is 5.02 Å². The first-order chi connectivity index (χ1) is 10.5. The van der Waals surface area contributed by atoms with Crippen molar-refractivity contribution >= 4 is 29.2 Å². The lowest BCUT2D eigenvalue weighted by atomic mass is 10.1. The number of methoxy groups -OCH3 is 1. The average Bonchev–Trinajstić information content (AvgIpc) is 2.51. The van der Waals surface area contributed by atoms with Crippen LogP contribution in [0.25, 0.3) is 0 Å². The van der Waals surface area contributed by atoms with E-state index in [1.165, 1.54) is 7.11 Å². The van der Waals surface area contributed by atoms with Crippen molar-refractivity contribution in [2.45, 2.75) is 13.3 Å². The standard InChI is InChI=1S/C17H16ClNO3/c1-11-3-6-13(17(21)22-2)10-15(11)19-16(20)9-12-4-7-14(18)8-5-12/h3-8,10H,9H2,1-2H3,(H,19,20). The first-order valence-electron chi connectivity index (χ1n) is 6.73. The van der Waals surface area contributed by atoms with E-state index in [1.54, 1.807) is 42.5 Å². The minimum absolute atomic E-state index is 0.160. The van der Waals surface area contributed by atoms with Gasteiger partial charge >= 0.3 is 5.97 Å². The third-order valence-electron chi connectivity index (χ3n) is 3.21. The van der Waals surface area contributed by atoms with Gasteiger partial charge in [-0.05, 0) is 42.3 Å². The molecular formula is C17H16ClNO3. The monoisotopic (exact) mass is 317 g/mol. The van der Waals surface area contributed by atoms with Crippen molar-refractivity contribution in [1.82, 2.24) is 0 Å². The maximum Gasteiger partial charge on any atom is 0.337 e. The van der Waals surface area contributed by atoms with E-state index >= 15 is 0 Å². The predicted molar refractivity (Wildman–Crippen MR) is 86.3 cm³/mol. The molecule has 1 amide bonds. The molecule has 0 bridgehead atoms. The molecule has 5 heteroatoms. The van der Waals surface area contributed by atoms with Gasteiger partial charge in [0.15, 0.2) is 0 Å². The number of benzene rings is 2. The molecule has 0 fully saturated rings. The van der Waals surface area contributed by atoms with Crippen molar-refractivity contribution in [3.05, 3.63) is 64.2 Å². The zero-order valence-corrected chi connectivity index (χ0v) is 13.1. The van der Waals surface area contributed by atoms with E-state index in [4.69, 9.17) is 11.6 Å². The van der Waals surface area contributed by atoms with E-state index in [0.29, 0.717) is 16.3 Å². The van der Waals surface area contributed by atoms with Gasteiger partial charge in [0.1, 0.15) is 0 Å². The van der Waals surface area contributed by atoms with E-state index in [9.17, 15) is 9.59 Å². The maximum atomic E-state index is 12.1. The fourth-order valence-corrected chi connectivity index (χ4v) is 2.11. The number of amides is 1. The van der Waals surface area contributed by atoms with Crippen LogP contribution in [0.4, 0.5) is 5.69 Å². The topological polar surface area (TPSA) is 55.4 Å². The molecule has 0 spiro atoms. The third kappa shape index (κ3) is 4.09. The number of ether oxygens (including phenoxy) is 1. The molecule has 114 valence electrons. The van der Waals surface area contributed by atoms with Crippen LogP contribution >= 0.6 is 11.6 Å². The summed E-state index contributed by atoms with van der Waals surface area (Å²) in [6, 6.07) is 12.1. The van der Waals surface area contributed by atoms with Gasteiger partial charge in [-0.1, -0.05) is 29.8 Å². The first kappa shape index (κ1) is 16.0. The largest absolute Gasteiger partial charge is 0.465 e. The molecule has 0 aliphatic rings. The molecule has 2 aromatic carbocycles. The molecule has 0 aromatic heterocycles. The van der Waals surface area contributed by atoms with Crippen LogP contribution < -0.4 is 5.32 Å². The van der Waals surface area contributed by atoms with E-state index in [-0.39, 0.29) is 12.3 Å². The molecule has 1 N–H and O–H groups in total. The lowest BCUT2D eigenvalue weighted by Gasteiger charge is -2.10. The Bertz CT molecular complexity index is 696. The lowest BCUT2D eigenvalue weighted by molar-refractivity contribution is -0.115. The second-order valence-corrected chi connectivity index (χ2v) is 5.31. The lowest BCUT2D eigenvalue weighted by Crippen LogP contribution is -2.15. The summed E-state index contributed by atoms with van der Waals surface area (Å²) in [5.74, 6) is -0.597. The van der Waals surface area contributed by atoms with Crippen LogP contribution in [0.5, 0.6) is 0 Å². The molecule has 0 unspecified atom stereocenters. The Balaban J connectivity index is 2.10. The van der Waals surface area contributed by atoms with Crippen molar-refractivity contribution in [2.24, 2.45) is 0 Å². The minimum Gasteiger partial charge on any atom is -0.465 e. The quantitative estimate of drug-likeness (QED) is 0.876. The summed E-state index contributed by atoms with van der Waals surface area (Å²) in [6.45, 7) is 1.86. The van der Waals surface area contributed by atoms with Crippen molar-refractivity contribution in [2.75, 3.05) is 12.4 Å². The highest BCUT2D eigenvalue weighted by Gasteiger charge is 2.10. The number of anilines is 1. The van der Waals surface area contributed by atoms with Crippen LogP contribution in [0, 0.1) is 6.92 Å². The van der Waals surface area contributed by atoms with Crippen molar-refractivity contribution in [1.29, 1.82) is 0 Å². The summed E-state index contributed by atoms with van der Waals surface area (Å²) in [6.07, 6.45) is 0.235. The zero-order chi connectivity index (χ0) is 16.1. The molecule has 0 saturated carbocycles. The minimum atomic E-state index is -0.437. The van der Waals surface area contributed by atoms with E-state index in [2.05, 4.69) is 10.1 Å². The van der Waals surface area contributed by atoms with Gasteiger partial charge < -0.3 is 10.1 Å². The second kappa shape index (κ2) is 7.09. The number of esters is 1. The van der Waals surface area contributed by atoms with Crippen molar-refractivity contribution in [3.8, 4) is 0 Å². The Hall–Kier alpha value is -2.33. The van der Waals surface area contributed by atoms with Gasteiger partial charge in [-0.25, -0.2) is 4.79 Å². The van der Waals surface area contributed by atoms with Gasteiger partial charge in [-0.15, -0.1) is 0 Å². The van der Waals surface area contributed by atoms with Gasteiger partial charge in [0.2, 0.25) is 5.91 Å². The summed E-state index contributed by atoms with van der Waals surface area (Å²) in [7, 11) is 1.32. The molecule has 0 heterocycles. The van der Waals surface area contributed by atoms with Gasteiger partial charge in [-0.2, -0.15) is 0 Å². The normalized spacial score (nSPS) is 10.1. The number of halogens is 1. The maximum absolute atomic E-state index is 12.1. The number of rotatable bonds is 4. The Kier molecular flexibility index (Phi) is 5.17. The Morgan fingerprint density at radius 3 is 2.45 bits per heavy atom. The van der Waals surface area contributed by atoms with Crippen LogP contribution in [-0.2, 0) is 16.0 Å². The molecule has 0 aliphatic heterocycles. The van der Waals surface area contributed by atoms with Gasteiger partial charge in [0, 0.05) is 10.7 Å².